The molecule has 0 fully saturated rings. The van der Waals surface area contributed by atoms with Gasteiger partial charge >= 0.3 is 0 Å². The van der Waals surface area contributed by atoms with Gasteiger partial charge in [0.1, 0.15) is 5.15 Å². The van der Waals surface area contributed by atoms with E-state index in [2.05, 4.69) is 15.4 Å². The van der Waals surface area contributed by atoms with E-state index in [0.717, 1.165) is 22.5 Å². The van der Waals surface area contributed by atoms with E-state index < -0.39 is 0 Å². The van der Waals surface area contributed by atoms with Crippen molar-refractivity contribution in [3.8, 4) is 0 Å². The Morgan fingerprint density at radius 3 is 2.61 bits per heavy atom. The molecule has 0 saturated heterocycles. The van der Waals surface area contributed by atoms with Crippen LogP contribution in [0.2, 0.25) is 10.3 Å². The van der Waals surface area contributed by atoms with Crippen molar-refractivity contribution in [2.24, 2.45) is 7.05 Å². The monoisotopic (exact) mass is 284 g/mol. The van der Waals surface area contributed by atoms with Crippen molar-refractivity contribution in [1.29, 1.82) is 0 Å². The second-order valence-electron chi connectivity index (χ2n) is 4.16. The summed E-state index contributed by atoms with van der Waals surface area (Å²) in [5.74, 6) is 0. The molecular weight excluding hydrogens is 271 g/mol. The number of pyridine rings is 1. The highest BCUT2D eigenvalue weighted by molar-refractivity contribution is 6.34. The zero-order valence-corrected chi connectivity index (χ0v) is 12.0. The zero-order chi connectivity index (χ0) is 13.3. The minimum absolute atomic E-state index is 0.390. The van der Waals surface area contributed by atoms with Crippen LogP contribution in [0.5, 0.6) is 0 Å². The third-order valence-electron chi connectivity index (χ3n) is 2.93. The number of nitrogens with one attached hydrogen (secondary N) is 1. The first-order valence-corrected chi connectivity index (χ1v) is 6.28. The number of hydrogen-bond acceptors (Lipinski definition) is 3. The summed E-state index contributed by atoms with van der Waals surface area (Å²) in [5.41, 5.74) is 4.03. The molecule has 0 atom stereocenters. The van der Waals surface area contributed by atoms with Crippen LogP contribution in [0.15, 0.2) is 12.3 Å². The first kappa shape index (κ1) is 13.2. The molecule has 2 aromatic rings. The molecule has 6 heteroatoms. The van der Waals surface area contributed by atoms with Crippen LogP contribution in [-0.2, 0) is 13.6 Å². The van der Waals surface area contributed by atoms with E-state index in [0.29, 0.717) is 16.9 Å². The maximum atomic E-state index is 6.07. The van der Waals surface area contributed by atoms with E-state index in [9.17, 15) is 0 Å². The third-order valence-corrected chi connectivity index (χ3v) is 3.40. The summed E-state index contributed by atoms with van der Waals surface area (Å²) in [4.78, 5) is 4.02. The van der Waals surface area contributed by atoms with Crippen LogP contribution >= 0.6 is 23.2 Å². The average Bonchev–Trinajstić information content (AvgIpc) is 2.59. The van der Waals surface area contributed by atoms with Crippen LogP contribution in [0.4, 0.5) is 5.69 Å². The number of anilines is 1. The lowest BCUT2D eigenvalue weighted by molar-refractivity contribution is 0.738. The number of halogens is 2. The SMILES string of the molecule is Cc1cc(Cl)nc(Cl)c1NCc1cnn(C)c1C. The molecule has 1 N–H and O–H groups in total. The molecule has 0 amide bonds. The molecule has 0 saturated carbocycles. The number of nitrogens with zero attached hydrogens (tertiary/aromatic N) is 3. The predicted octanol–water partition coefficient (Wildman–Crippen LogP) is 3.35. The van der Waals surface area contributed by atoms with Crippen LogP contribution in [0.3, 0.4) is 0 Å². The van der Waals surface area contributed by atoms with E-state index in [1.54, 1.807) is 6.07 Å². The fourth-order valence-corrected chi connectivity index (χ4v) is 2.31. The molecule has 0 aliphatic carbocycles. The molecule has 0 aliphatic heterocycles. The number of rotatable bonds is 3. The highest BCUT2D eigenvalue weighted by Gasteiger charge is 2.09. The van der Waals surface area contributed by atoms with Gasteiger partial charge in [-0.2, -0.15) is 5.10 Å². The second-order valence-corrected chi connectivity index (χ2v) is 4.91. The molecule has 2 aromatic heterocycles. The molecule has 0 unspecified atom stereocenters. The summed E-state index contributed by atoms with van der Waals surface area (Å²) < 4.78 is 1.84. The standard InChI is InChI=1S/C12H14Cl2N4/c1-7-4-10(13)17-12(14)11(7)15-5-9-6-16-18(3)8(9)2/h4,6,15H,5H2,1-3H3. The summed E-state index contributed by atoms with van der Waals surface area (Å²) in [6, 6.07) is 1.78. The Kier molecular flexibility index (Phi) is 3.78. The maximum absolute atomic E-state index is 6.07. The fourth-order valence-electron chi connectivity index (χ4n) is 1.71. The minimum atomic E-state index is 0.390. The molecule has 96 valence electrons. The van der Waals surface area contributed by atoms with Gasteiger partial charge in [-0.15, -0.1) is 0 Å². The number of hydrogen-bond donors (Lipinski definition) is 1. The van der Waals surface area contributed by atoms with Crippen molar-refractivity contribution in [3.63, 3.8) is 0 Å². The van der Waals surface area contributed by atoms with E-state index >= 15 is 0 Å². The molecule has 4 nitrogen and oxygen atoms in total. The van der Waals surface area contributed by atoms with Gasteiger partial charge < -0.3 is 5.32 Å². The molecule has 0 aliphatic rings. The van der Waals surface area contributed by atoms with Crippen LogP contribution in [0.25, 0.3) is 0 Å². The summed E-state index contributed by atoms with van der Waals surface area (Å²) in [6.45, 7) is 4.63. The Balaban J connectivity index is 2.18. The normalized spacial score (nSPS) is 10.7. The fraction of sp³-hybridized carbons (Fsp3) is 0.333. The molecule has 0 radical (unpaired) electrons. The van der Waals surface area contributed by atoms with Crippen molar-refractivity contribution in [3.05, 3.63) is 39.4 Å². The van der Waals surface area contributed by atoms with Crippen LogP contribution in [-0.4, -0.2) is 14.8 Å². The Morgan fingerprint density at radius 2 is 2.06 bits per heavy atom. The molecule has 0 spiro atoms. The van der Waals surface area contributed by atoms with Gasteiger partial charge in [0.15, 0.2) is 5.15 Å². The largest absolute Gasteiger partial charge is 0.378 e. The first-order valence-electron chi connectivity index (χ1n) is 5.53. The van der Waals surface area contributed by atoms with Crippen LogP contribution < -0.4 is 5.32 Å². The van der Waals surface area contributed by atoms with E-state index in [-0.39, 0.29) is 0 Å². The van der Waals surface area contributed by atoms with E-state index in [1.807, 2.05) is 31.8 Å². The van der Waals surface area contributed by atoms with Crippen molar-refractivity contribution in [1.82, 2.24) is 14.8 Å². The molecule has 2 rings (SSSR count). The van der Waals surface area contributed by atoms with Gasteiger partial charge in [-0.1, -0.05) is 23.2 Å². The van der Waals surface area contributed by atoms with Crippen molar-refractivity contribution < 1.29 is 0 Å². The smallest absolute Gasteiger partial charge is 0.154 e. The highest BCUT2D eigenvalue weighted by atomic mass is 35.5. The Bertz CT molecular complexity index is 554. The van der Waals surface area contributed by atoms with Crippen molar-refractivity contribution in [2.75, 3.05) is 5.32 Å². The van der Waals surface area contributed by atoms with Crippen molar-refractivity contribution >= 4 is 28.9 Å². The summed E-state index contributed by atoms with van der Waals surface area (Å²) in [7, 11) is 1.92. The lowest BCUT2D eigenvalue weighted by Crippen LogP contribution is -2.04. The molecule has 0 aromatic carbocycles. The minimum Gasteiger partial charge on any atom is -0.378 e. The van der Waals surface area contributed by atoms with Gasteiger partial charge in [0, 0.05) is 24.8 Å². The lowest BCUT2D eigenvalue weighted by Gasteiger charge is -2.11. The van der Waals surface area contributed by atoms with Crippen LogP contribution in [0.1, 0.15) is 16.8 Å². The molecule has 0 bridgehead atoms. The predicted molar refractivity (Wildman–Crippen MR) is 74.3 cm³/mol. The van der Waals surface area contributed by atoms with E-state index in [4.69, 9.17) is 23.2 Å². The topological polar surface area (TPSA) is 42.7 Å². The maximum Gasteiger partial charge on any atom is 0.154 e. The number of aromatic nitrogens is 3. The van der Waals surface area contributed by atoms with Gasteiger partial charge in [-0.25, -0.2) is 4.98 Å². The average molecular weight is 285 g/mol. The summed E-state index contributed by atoms with van der Waals surface area (Å²) >= 11 is 11.9. The lowest BCUT2D eigenvalue weighted by atomic mass is 10.2. The van der Waals surface area contributed by atoms with Gasteiger partial charge in [0.05, 0.1) is 11.9 Å². The molecule has 2 heterocycles. The summed E-state index contributed by atoms with van der Waals surface area (Å²) in [5, 5.41) is 8.26. The quantitative estimate of drug-likeness (QED) is 0.879. The first-order chi connectivity index (χ1) is 8.49. The van der Waals surface area contributed by atoms with Gasteiger partial charge in [0.25, 0.3) is 0 Å². The van der Waals surface area contributed by atoms with Crippen molar-refractivity contribution in [2.45, 2.75) is 20.4 Å². The van der Waals surface area contributed by atoms with Crippen LogP contribution in [0, 0.1) is 13.8 Å². The molecular formula is C12H14Cl2N4. The third kappa shape index (κ3) is 2.60. The van der Waals surface area contributed by atoms with E-state index in [1.165, 1.54) is 0 Å². The van der Waals surface area contributed by atoms with Gasteiger partial charge in [0.2, 0.25) is 0 Å². The highest BCUT2D eigenvalue weighted by Crippen LogP contribution is 2.27. The number of aryl methyl sites for hydroxylation is 2. The summed E-state index contributed by atoms with van der Waals surface area (Å²) in [6.07, 6.45) is 1.84. The van der Waals surface area contributed by atoms with Gasteiger partial charge in [-0.05, 0) is 25.5 Å². The Hall–Kier alpha value is -1.26. The second kappa shape index (κ2) is 5.16. The molecule has 18 heavy (non-hydrogen) atoms. The Labute approximate surface area is 116 Å². The van der Waals surface area contributed by atoms with Gasteiger partial charge in [-0.3, -0.25) is 4.68 Å². The zero-order valence-electron chi connectivity index (χ0n) is 10.5. The Morgan fingerprint density at radius 1 is 1.33 bits per heavy atom.